The van der Waals surface area contributed by atoms with Crippen molar-refractivity contribution >= 4 is 39.0 Å². The highest BCUT2D eigenvalue weighted by molar-refractivity contribution is 9.10. The number of aryl methyl sites for hydroxylation is 1. The molecular weight excluding hydrogens is 447 g/mol. The van der Waals surface area contributed by atoms with Gasteiger partial charge in [0.05, 0.1) is 12.1 Å². The molecule has 0 bridgehead atoms. The second kappa shape index (κ2) is 8.24. The van der Waals surface area contributed by atoms with Crippen LogP contribution in [0.5, 0.6) is 0 Å². The van der Waals surface area contributed by atoms with E-state index in [-0.39, 0.29) is 17.8 Å². The third-order valence-corrected chi connectivity index (χ3v) is 5.35. The molecule has 4 rings (SSSR count). The highest BCUT2D eigenvalue weighted by atomic mass is 79.9. The van der Waals surface area contributed by atoms with Crippen molar-refractivity contribution in [3.8, 4) is 0 Å². The molecule has 0 saturated carbocycles. The van der Waals surface area contributed by atoms with Crippen molar-refractivity contribution in [2.75, 3.05) is 5.32 Å². The Hall–Kier alpha value is -3.25. The van der Waals surface area contributed by atoms with Gasteiger partial charge in [0.1, 0.15) is 11.5 Å². The summed E-state index contributed by atoms with van der Waals surface area (Å²) in [5.41, 5.74) is 3.50. The van der Waals surface area contributed by atoms with Gasteiger partial charge in [-0.3, -0.25) is 14.5 Å². The molecule has 2 amide bonds. The van der Waals surface area contributed by atoms with E-state index >= 15 is 0 Å². The number of anilines is 1. The number of benzene rings is 3. The minimum atomic E-state index is -0.417. The van der Waals surface area contributed by atoms with Gasteiger partial charge >= 0.3 is 0 Å². The normalized spacial score (nSPS) is 13.9. The molecule has 1 aliphatic heterocycles. The van der Waals surface area contributed by atoms with E-state index in [1.807, 2.05) is 49.4 Å². The number of hydrogen-bond acceptors (Lipinski definition) is 3. The van der Waals surface area contributed by atoms with Gasteiger partial charge in [0, 0.05) is 10.2 Å². The number of hydrogen-bond donors (Lipinski definition) is 1. The van der Waals surface area contributed by atoms with Crippen molar-refractivity contribution in [2.24, 2.45) is 0 Å². The number of rotatable bonds is 5. The lowest BCUT2D eigenvalue weighted by atomic mass is 10.0. The van der Waals surface area contributed by atoms with Crippen LogP contribution in [0.25, 0.3) is 5.57 Å². The lowest BCUT2D eigenvalue weighted by molar-refractivity contribution is -0.137. The summed E-state index contributed by atoms with van der Waals surface area (Å²) in [4.78, 5) is 27.7. The van der Waals surface area contributed by atoms with E-state index in [9.17, 15) is 14.0 Å². The second-order valence-electron chi connectivity index (χ2n) is 7.07. The summed E-state index contributed by atoms with van der Waals surface area (Å²) in [5, 5.41) is 3.09. The van der Waals surface area contributed by atoms with E-state index in [4.69, 9.17) is 0 Å². The molecule has 3 aromatic rings. The van der Waals surface area contributed by atoms with Gasteiger partial charge in [-0.1, -0.05) is 64.0 Å². The third-order valence-electron chi connectivity index (χ3n) is 4.86. The molecule has 0 saturated heterocycles. The standard InChI is InChI=1S/C24H18BrFN2O2/c1-15-5-7-16(8-6-15)14-28-23(29)21(17-9-11-19(26)12-10-17)22(24(28)30)27-20-4-2-3-18(25)13-20/h2-13,27H,14H2,1H3. The van der Waals surface area contributed by atoms with Crippen molar-refractivity contribution in [1.82, 2.24) is 4.90 Å². The number of halogens is 2. The Bertz CT molecular complexity index is 1150. The summed E-state index contributed by atoms with van der Waals surface area (Å²) < 4.78 is 14.3. The summed E-state index contributed by atoms with van der Waals surface area (Å²) in [7, 11) is 0. The summed E-state index contributed by atoms with van der Waals surface area (Å²) in [6.45, 7) is 2.14. The van der Waals surface area contributed by atoms with Crippen LogP contribution in [-0.4, -0.2) is 16.7 Å². The lowest BCUT2D eigenvalue weighted by Gasteiger charge is -2.15. The topological polar surface area (TPSA) is 49.4 Å². The van der Waals surface area contributed by atoms with Crippen LogP contribution >= 0.6 is 15.9 Å². The van der Waals surface area contributed by atoms with Gasteiger partial charge in [-0.2, -0.15) is 0 Å². The molecule has 1 N–H and O–H groups in total. The molecule has 0 aromatic heterocycles. The fourth-order valence-electron chi connectivity index (χ4n) is 3.31. The Kier molecular flexibility index (Phi) is 5.50. The molecule has 0 spiro atoms. The Morgan fingerprint density at radius 3 is 2.30 bits per heavy atom. The van der Waals surface area contributed by atoms with Crippen LogP contribution in [-0.2, 0) is 16.1 Å². The minimum Gasteiger partial charge on any atom is -0.350 e. The number of nitrogens with zero attached hydrogens (tertiary/aromatic N) is 1. The largest absolute Gasteiger partial charge is 0.350 e. The van der Waals surface area contributed by atoms with Gasteiger partial charge < -0.3 is 5.32 Å². The average Bonchev–Trinajstić information content (AvgIpc) is 2.95. The van der Waals surface area contributed by atoms with E-state index in [2.05, 4.69) is 21.2 Å². The summed E-state index contributed by atoms with van der Waals surface area (Å²) in [6.07, 6.45) is 0. The van der Waals surface area contributed by atoms with E-state index < -0.39 is 17.6 Å². The van der Waals surface area contributed by atoms with Crippen LogP contribution in [0.2, 0.25) is 0 Å². The van der Waals surface area contributed by atoms with Crippen molar-refractivity contribution in [3.05, 3.63) is 105 Å². The molecular formula is C24H18BrFN2O2. The molecule has 150 valence electrons. The van der Waals surface area contributed by atoms with Crippen molar-refractivity contribution in [1.29, 1.82) is 0 Å². The fraction of sp³-hybridized carbons (Fsp3) is 0.0833. The zero-order valence-electron chi connectivity index (χ0n) is 16.2. The minimum absolute atomic E-state index is 0.159. The fourth-order valence-corrected chi connectivity index (χ4v) is 3.71. The SMILES string of the molecule is Cc1ccc(CN2C(=O)C(Nc3cccc(Br)c3)=C(c3ccc(F)cc3)C2=O)cc1. The maximum atomic E-state index is 13.4. The zero-order valence-corrected chi connectivity index (χ0v) is 17.7. The molecule has 0 unspecified atom stereocenters. The van der Waals surface area contributed by atoms with Crippen molar-refractivity contribution < 1.29 is 14.0 Å². The van der Waals surface area contributed by atoms with E-state index in [0.29, 0.717) is 11.3 Å². The van der Waals surface area contributed by atoms with Crippen LogP contribution in [0, 0.1) is 12.7 Å². The highest BCUT2D eigenvalue weighted by Crippen LogP contribution is 2.32. The lowest BCUT2D eigenvalue weighted by Crippen LogP contribution is -2.32. The number of carbonyl (C=O) groups is 2. The maximum absolute atomic E-state index is 13.4. The first-order chi connectivity index (χ1) is 14.4. The first-order valence-corrected chi connectivity index (χ1v) is 10.2. The number of carbonyl (C=O) groups excluding carboxylic acids is 2. The van der Waals surface area contributed by atoms with Crippen LogP contribution in [0.1, 0.15) is 16.7 Å². The zero-order chi connectivity index (χ0) is 21.3. The van der Waals surface area contributed by atoms with Gasteiger partial charge in [0.15, 0.2) is 0 Å². The monoisotopic (exact) mass is 464 g/mol. The summed E-state index contributed by atoms with van der Waals surface area (Å²) >= 11 is 3.41. The van der Waals surface area contributed by atoms with Gasteiger partial charge in [-0.25, -0.2) is 4.39 Å². The molecule has 0 atom stereocenters. The first-order valence-electron chi connectivity index (χ1n) is 9.37. The van der Waals surface area contributed by atoms with Crippen LogP contribution in [0.15, 0.2) is 83.0 Å². The van der Waals surface area contributed by atoms with Gasteiger partial charge in [0.25, 0.3) is 11.8 Å². The summed E-state index contributed by atoms with van der Waals surface area (Å²) in [5.74, 6) is -1.24. The van der Waals surface area contributed by atoms with Gasteiger partial charge in [-0.05, 0) is 48.4 Å². The molecule has 1 heterocycles. The molecule has 0 fully saturated rings. The average molecular weight is 465 g/mol. The number of nitrogens with one attached hydrogen (secondary N) is 1. The predicted octanol–water partition coefficient (Wildman–Crippen LogP) is 5.29. The van der Waals surface area contributed by atoms with Crippen LogP contribution in [0.3, 0.4) is 0 Å². The second-order valence-corrected chi connectivity index (χ2v) is 7.99. The maximum Gasteiger partial charge on any atom is 0.278 e. The molecule has 0 aliphatic carbocycles. The van der Waals surface area contributed by atoms with Crippen LogP contribution < -0.4 is 5.32 Å². The Labute approximate surface area is 182 Å². The quantitative estimate of drug-likeness (QED) is 0.521. The summed E-state index contributed by atoms with van der Waals surface area (Å²) in [6, 6.07) is 20.6. The molecule has 0 radical (unpaired) electrons. The van der Waals surface area contributed by atoms with Crippen LogP contribution in [0.4, 0.5) is 10.1 Å². The molecule has 1 aliphatic rings. The van der Waals surface area contributed by atoms with Crippen molar-refractivity contribution in [3.63, 3.8) is 0 Å². The van der Waals surface area contributed by atoms with Gasteiger partial charge in [-0.15, -0.1) is 0 Å². The predicted molar refractivity (Wildman–Crippen MR) is 118 cm³/mol. The molecule has 3 aromatic carbocycles. The Morgan fingerprint density at radius 2 is 1.63 bits per heavy atom. The number of amides is 2. The van der Waals surface area contributed by atoms with E-state index in [0.717, 1.165) is 15.6 Å². The van der Waals surface area contributed by atoms with E-state index in [1.165, 1.54) is 29.2 Å². The smallest absolute Gasteiger partial charge is 0.278 e. The highest BCUT2D eigenvalue weighted by Gasteiger charge is 2.39. The third kappa shape index (κ3) is 4.04. The number of imide groups is 1. The Morgan fingerprint density at radius 1 is 0.933 bits per heavy atom. The molecule has 6 heteroatoms. The Balaban J connectivity index is 1.73. The molecule has 4 nitrogen and oxygen atoms in total. The van der Waals surface area contributed by atoms with Crippen molar-refractivity contribution in [2.45, 2.75) is 13.5 Å². The van der Waals surface area contributed by atoms with Gasteiger partial charge in [0.2, 0.25) is 0 Å². The molecule has 30 heavy (non-hydrogen) atoms. The first kappa shape index (κ1) is 20.0. The van der Waals surface area contributed by atoms with E-state index in [1.54, 1.807) is 6.07 Å².